The first kappa shape index (κ1) is 11.5. The molecule has 0 radical (unpaired) electrons. The maximum absolute atomic E-state index is 10.7. The molecule has 1 unspecified atom stereocenters. The third kappa shape index (κ3) is 3.64. The summed E-state index contributed by atoms with van der Waals surface area (Å²) in [6.45, 7) is 2.02. The number of carbonyl (C=O) groups is 1. The van der Waals surface area contributed by atoms with Crippen LogP contribution in [0.5, 0.6) is 0 Å². The molecule has 1 amide bonds. The SMILES string of the molecule is NC(=O)CCN1CCCCC1CCO. The third-order valence-corrected chi connectivity index (χ3v) is 2.86. The van der Waals surface area contributed by atoms with Gasteiger partial charge in [-0.3, -0.25) is 9.69 Å². The molecular formula is C10H20N2O2. The highest BCUT2D eigenvalue weighted by atomic mass is 16.3. The Morgan fingerprint density at radius 2 is 2.29 bits per heavy atom. The van der Waals surface area contributed by atoms with E-state index < -0.39 is 0 Å². The molecule has 1 rings (SSSR count). The Morgan fingerprint density at radius 3 is 2.93 bits per heavy atom. The van der Waals surface area contributed by atoms with E-state index in [2.05, 4.69) is 4.90 Å². The summed E-state index contributed by atoms with van der Waals surface area (Å²) in [5, 5.41) is 8.90. The highest BCUT2D eigenvalue weighted by Gasteiger charge is 2.21. The van der Waals surface area contributed by atoms with Crippen molar-refractivity contribution in [2.45, 2.75) is 38.1 Å². The summed E-state index contributed by atoms with van der Waals surface area (Å²) in [5.74, 6) is -0.238. The normalized spacial score (nSPS) is 23.6. The summed E-state index contributed by atoms with van der Waals surface area (Å²) in [6, 6.07) is 0.452. The Bertz CT molecular complexity index is 183. The molecule has 1 heterocycles. The number of hydrogen-bond donors (Lipinski definition) is 2. The predicted octanol–water partition coefficient (Wildman–Crippen LogP) is 0.0987. The molecule has 4 nitrogen and oxygen atoms in total. The van der Waals surface area contributed by atoms with Crippen molar-refractivity contribution in [3.05, 3.63) is 0 Å². The monoisotopic (exact) mass is 200 g/mol. The van der Waals surface area contributed by atoms with Gasteiger partial charge in [-0.05, 0) is 25.8 Å². The lowest BCUT2D eigenvalue weighted by Crippen LogP contribution is -2.41. The number of nitrogens with two attached hydrogens (primary N) is 1. The van der Waals surface area contributed by atoms with Crippen molar-refractivity contribution in [2.24, 2.45) is 5.73 Å². The first-order valence-electron chi connectivity index (χ1n) is 5.37. The fraction of sp³-hybridized carbons (Fsp3) is 0.900. The molecule has 0 aromatic heterocycles. The largest absolute Gasteiger partial charge is 0.396 e. The van der Waals surface area contributed by atoms with Crippen molar-refractivity contribution < 1.29 is 9.90 Å². The van der Waals surface area contributed by atoms with Gasteiger partial charge < -0.3 is 10.8 Å². The lowest BCUT2D eigenvalue weighted by atomic mass is 9.99. The number of nitrogens with zero attached hydrogens (tertiary/aromatic N) is 1. The van der Waals surface area contributed by atoms with Crippen LogP contribution in [0.4, 0.5) is 0 Å². The molecule has 3 N–H and O–H groups in total. The molecule has 0 aromatic rings. The number of aliphatic hydroxyl groups is 1. The van der Waals surface area contributed by atoms with Gasteiger partial charge in [0.25, 0.3) is 0 Å². The topological polar surface area (TPSA) is 66.6 Å². The van der Waals surface area contributed by atoms with E-state index in [4.69, 9.17) is 10.8 Å². The zero-order valence-electron chi connectivity index (χ0n) is 8.61. The number of amides is 1. The van der Waals surface area contributed by atoms with E-state index in [1.165, 1.54) is 12.8 Å². The van der Waals surface area contributed by atoms with Gasteiger partial charge in [-0.15, -0.1) is 0 Å². The Hall–Kier alpha value is -0.610. The summed E-state index contributed by atoms with van der Waals surface area (Å²) in [5.41, 5.74) is 5.11. The van der Waals surface area contributed by atoms with Gasteiger partial charge in [-0.1, -0.05) is 6.42 Å². The summed E-state index contributed by atoms with van der Waals surface area (Å²) in [4.78, 5) is 12.9. The predicted molar refractivity (Wildman–Crippen MR) is 54.7 cm³/mol. The first-order chi connectivity index (χ1) is 6.74. The molecule has 0 aliphatic carbocycles. The minimum atomic E-state index is -0.238. The van der Waals surface area contributed by atoms with E-state index in [9.17, 15) is 4.79 Å². The van der Waals surface area contributed by atoms with Gasteiger partial charge in [0.1, 0.15) is 0 Å². The van der Waals surface area contributed by atoms with E-state index in [0.29, 0.717) is 12.5 Å². The number of rotatable bonds is 5. The van der Waals surface area contributed by atoms with Gasteiger partial charge in [0, 0.05) is 25.6 Å². The van der Waals surface area contributed by atoms with Crippen LogP contribution in [-0.2, 0) is 4.79 Å². The average Bonchev–Trinajstić information content (AvgIpc) is 2.17. The smallest absolute Gasteiger partial charge is 0.218 e. The van der Waals surface area contributed by atoms with E-state index in [0.717, 1.165) is 25.9 Å². The van der Waals surface area contributed by atoms with Gasteiger partial charge in [0.05, 0.1) is 0 Å². The van der Waals surface area contributed by atoms with Crippen LogP contribution in [0.15, 0.2) is 0 Å². The van der Waals surface area contributed by atoms with E-state index in [1.807, 2.05) is 0 Å². The quantitative estimate of drug-likeness (QED) is 0.661. The van der Waals surface area contributed by atoms with E-state index >= 15 is 0 Å². The Kier molecular flexibility index (Phi) is 4.90. The Labute approximate surface area is 85.1 Å². The second-order valence-corrected chi connectivity index (χ2v) is 3.91. The van der Waals surface area contributed by atoms with Gasteiger partial charge in [-0.25, -0.2) is 0 Å². The molecule has 82 valence electrons. The first-order valence-corrected chi connectivity index (χ1v) is 5.37. The standard InChI is InChI=1S/C10H20N2O2/c11-10(14)4-7-12-6-2-1-3-9(12)5-8-13/h9,13H,1-8H2,(H2,11,14). The third-order valence-electron chi connectivity index (χ3n) is 2.86. The summed E-state index contributed by atoms with van der Waals surface area (Å²) >= 11 is 0. The molecule has 14 heavy (non-hydrogen) atoms. The molecule has 1 saturated heterocycles. The summed E-state index contributed by atoms with van der Waals surface area (Å²) in [6.07, 6.45) is 4.82. The zero-order chi connectivity index (χ0) is 10.4. The Balaban J connectivity index is 2.33. The summed E-state index contributed by atoms with van der Waals surface area (Å²) in [7, 11) is 0. The van der Waals surface area contributed by atoms with Crippen molar-refractivity contribution >= 4 is 5.91 Å². The number of carbonyl (C=O) groups excluding carboxylic acids is 1. The second kappa shape index (κ2) is 5.98. The Morgan fingerprint density at radius 1 is 1.50 bits per heavy atom. The van der Waals surface area contributed by atoms with Crippen molar-refractivity contribution in [3.8, 4) is 0 Å². The van der Waals surface area contributed by atoms with Gasteiger partial charge >= 0.3 is 0 Å². The maximum atomic E-state index is 10.7. The van der Waals surface area contributed by atoms with Crippen LogP contribution in [0.25, 0.3) is 0 Å². The molecule has 1 atom stereocenters. The van der Waals surface area contributed by atoms with Crippen LogP contribution in [0.3, 0.4) is 0 Å². The molecule has 0 saturated carbocycles. The van der Waals surface area contributed by atoms with Crippen molar-refractivity contribution in [1.82, 2.24) is 4.90 Å². The van der Waals surface area contributed by atoms with Crippen LogP contribution in [0.1, 0.15) is 32.1 Å². The van der Waals surface area contributed by atoms with Crippen LogP contribution in [0, 0.1) is 0 Å². The second-order valence-electron chi connectivity index (χ2n) is 3.91. The molecule has 1 aliphatic rings. The number of piperidine rings is 1. The lowest BCUT2D eigenvalue weighted by molar-refractivity contribution is -0.118. The summed E-state index contributed by atoms with van der Waals surface area (Å²) < 4.78 is 0. The van der Waals surface area contributed by atoms with Crippen molar-refractivity contribution in [3.63, 3.8) is 0 Å². The molecule has 1 fully saturated rings. The fourth-order valence-electron chi connectivity index (χ4n) is 2.08. The van der Waals surface area contributed by atoms with Crippen LogP contribution >= 0.6 is 0 Å². The average molecular weight is 200 g/mol. The minimum Gasteiger partial charge on any atom is -0.396 e. The minimum absolute atomic E-state index is 0.234. The van der Waals surface area contributed by atoms with Gasteiger partial charge in [0.15, 0.2) is 0 Å². The molecule has 4 heteroatoms. The highest BCUT2D eigenvalue weighted by molar-refractivity contribution is 5.73. The molecule has 0 bridgehead atoms. The number of aliphatic hydroxyl groups excluding tert-OH is 1. The molecule has 1 aliphatic heterocycles. The maximum Gasteiger partial charge on any atom is 0.218 e. The van der Waals surface area contributed by atoms with Crippen molar-refractivity contribution in [2.75, 3.05) is 19.7 Å². The van der Waals surface area contributed by atoms with Crippen molar-refractivity contribution in [1.29, 1.82) is 0 Å². The molecular weight excluding hydrogens is 180 g/mol. The van der Waals surface area contributed by atoms with Gasteiger partial charge in [0.2, 0.25) is 5.91 Å². The highest BCUT2D eigenvalue weighted by Crippen LogP contribution is 2.19. The van der Waals surface area contributed by atoms with Crippen LogP contribution in [0.2, 0.25) is 0 Å². The van der Waals surface area contributed by atoms with Crippen LogP contribution < -0.4 is 5.73 Å². The lowest BCUT2D eigenvalue weighted by Gasteiger charge is -2.35. The number of hydrogen-bond acceptors (Lipinski definition) is 3. The van der Waals surface area contributed by atoms with E-state index in [-0.39, 0.29) is 12.5 Å². The fourth-order valence-corrected chi connectivity index (χ4v) is 2.08. The number of primary amides is 1. The molecule has 0 spiro atoms. The van der Waals surface area contributed by atoms with Gasteiger partial charge in [-0.2, -0.15) is 0 Å². The molecule has 0 aromatic carbocycles. The number of likely N-dealkylation sites (tertiary alicyclic amines) is 1. The van der Waals surface area contributed by atoms with Crippen LogP contribution in [-0.4, -0.2) is 41.7 Å². The van der Waals surface area contributed by atoms with E-state index in [1.54, 1.807) is 0 Å². The zero-order valence-corrected chi connectivity index (χ0v) is 8.61.